The minimum absolute atomic E-state index is 0.0776. The van der Waals surface area contributed by atoms with Gasteiger partial charge in [0.1, 0.15) is 5.75 Å². The normalized spacial score (nSPS) is 10.5. The van der Waals surface area contributed by atoms with Gasteiger partial charge in [-0.2, -0.15) is 5.10 Å². The standard InChI is InChI=1S/C19H17ClN4O4/c1-22(11-14-10-21-23(12-14)15-5-3-2-4-6-15)19(25)13-28-18-8-7-16(24(26)27)9-17(18)20/h2-10,12H,11,13H2,1H3. The van der Waals surface area contributed by atoms with E-state index in [-0.39, 0.29) is 29.0 Å². The second-order valence-corrected chi connectivity index (χ2v) is 6.45. The lowest BCUT2D eigenvalue weighted by atomic mass is 10.3. The van der Waals surface area contributed by atoms with Crippen molar-refractivity contribution in [3.05, 3.63) is 81.6 Å². The molecule has 1 amide bonds. The van der Waals surface area contributed by atoms with Crippen LogP contribution in [0, 0.1) is 10.1 Å². The number of amides is 1. The van der Waals surface area contributed by atoms with Gasteiger partial charge >= 0.3 is 0 Å². The summed E-state index contributed by atoms with van der Waals surface area (Å²) in [4.78, 5) is 24.0. The summed E-state index contributed by atoms with van der Waals surface area (Å²) in [6.07, 6.45) is 3.55. The zero-order valence-corrected chi connectivity index (χ0v) is 15.7. The number of nitro benzene ring substituents is 1. The van der Waals surface area contributed by atoms with Crippen molar-refractivity contribution in [2.24, 2.45) is 0 Å². The average Bonchev–Trinajstić information content (AvgIpc) is 3.15. The Kier molecular flexibility index (Phi) is 5.90. The van der Waals surface area contributed by atoms with Gasteiger partial charge in [0.25, 0.3) is 11.6 Å². The third kappa shape index (κ3) is 4.66. The molecular formula is C19H17ClN4O4. The van der Waals surface area contributed by atoms with Crippen molar-refractivity contribution in [1.82, 2.24) is 14.7 Å². The largest absolute Gasteiger partial charge is 0.482 e. The highest BCUT2D eigenvalue weighted by molar-refractivity contribution is 6.32. The van der Waals surface area contributed by atoms with Crippen molar-refractivity contribution in [2.45, 2.75) is 6.54 Å². The SMILES string of the molecule is CN(Cc1cnn(-c2ccccc2)c1)C(=O)COc1ccc([N+](=O)[O-])cc1Cl. The predicted molar refractivity (Wildman–Crippen MR) is 104 cm³/mol. The molecule has 1 heterocycles. The Morgan fingerprint density at radius 2 is 2.04 bits per heavy atom. The molecule has 0 aliphatic carbocycles. The quantitative estimate of drug-likeness (QED) is 0.447. The number of aromatic nitrogens is 2. The number of likely N-dealkylation sites (N-methyl/N-ethyl adjacent to an activating group) is 1. The third-order valence-corrected chi connectivity index (χ3v) is 4.28. The molecule has 0 N–H and O–H groups in total. The number of nitro groups is 1. The lowest BCUT2D eigenvalue weighted by Crippen LogP contribution is -2.30. The molecule has 0 aliphatic heterocycles. The first-order valence-corrected chi connectivity index (χ1v) is 8.71. The number of hydrogen-bond donors (Lipinski definition) is 0. The molecule has 1 aromatic heterocycles. The summed E-state index contributed by atoms with van der Waals surface area (Å²) < 4.78 is 7.14. The third-order valence-electron chi connectivity index (χ3n) is 3.98. The van der Waals surface area contributed by atoms with Gasteiger partial charge in [0.05, 0.1) is 21.8 Å². The number of hydrogen-bond acceptors (Lipinski definition) is 5. The zero-order chi connectivity index (χ0) is 20.1. The fourth-order valence-corrected chi connectivity index (χ4v) is 2.73. The second kappa shape index (κ2) is 8.53. The number of carbonyl (C=O) groups is 1. The Morgan fingerprint density at radius 3 is 2.71 bits per heavy atom. The molecule has 0 spiro atoms. The van der Waals surface area contributed by atoms with Gasteiger partial charge in [-0.05, 0) is 18.2 Å². The average molecular weight is 401 g/mol. The van der Waals surface area contributed by atoms with Crippen LogP contribution in [0.15, 0.2) is 60.9 Å². The van der Waals surface area contributed by atoms with E-state index in [1.54, 1.807) is 17.9 Å². The summed E-state index contributed by atoms with van der Waals surface area (Å²) in [5.41, 5.74) is 1.66. The van der Waals surface area contributed by atoms with Crippen molar-refractivity contribution in [2.75, 3.05) is 13.7 Å². The van der Waals surface area contributed by atoms with E-state index in [1.165, 1.54) is 23.1 Å². The molecule has 0 atom stereocenters. The fraction of sp³-hybridized carbons (Fsp3) is 0.158. The van der Waals surface area contributed by atoms with Crippen LogP contribution < -0.4 is 4.74 Å². The highest BCUT2D eigenvalue weighted by Crippen LogP contribution is 2.28. The zero-order valence-electron chi connectivity index (χ0n) is 15.0. The van der Waals surface area contributed by atoms with E-state index < -0.39 is 4.92 Å². The van der Waals surface area contributed by atoms with Crippen LogP contribution in [0.3, 0.4) is 0 Å². The molecule has 3 rings (SSSR count). The number of para-hydroxylation sites is 1. The van der Waals surface area contributed by atoms with Crippen LogP contribution in [-0.4, -0.2) is 39.2 Å². The first kappa shape index (κ1) is 19.4. The maximum atomic E-state index is 12.3. The van der Waals surface area contributed by atoms with E-state index in [1.807, 2.05) is 36.5 Å². The number of non-ortho nitro benzene ring substituents is 1. The number of benzene rings is 2. The van der Waals surface area contributed by atoms with Crippen LogP contribution >= 0.6 is 11.6 Å². The van der Waals surface area contributed by atoms with Crippen LogP contribution in [0.1, 0.15) is 5.56 Å². The first-order valence-electron chi connectivity index (χ1n) is 8.33. The summed E-state index contributed by atoms with van der Waals surface area (Å²) in [6.45, 7) is 0.129. The summed E-state index contributed by atoms with van der Waals surface area (Å²) in [5.74, 6) is -0.0483. The number of ether oxygens (including phenoxy) is 1. The van der Waals surface area contributed by atoms with Gasteiger partial charge in [-0.25, -0.2) is 4.68 Å². The van der Waals surface area contributed by atoms with Crippen LogP contribution in [-0.2, 0) is 11.3 Å². The molecule has 0 bridgehead atoms. The maximum Gasteiger partial charge on any atom is 0.271 e. The summed E-state index contributed by atoms with van der Waals surface area (Å²) >= 11 is 5.96. The molecule has 0 radical (unpaired) electrons. The molecule has 8 nitrogen and oxygen atoms in total. The van der Waals surface area contributed by atoms with Crippen LogP contribution in [0.4, 0.5) is 5.69 Å². The topological polar surface area (TPSA) is 90.5 Å². The van der Waals surface area contributed by atoms with Gasteiger partial charge in [0.15, 0.2) is 6.61 Å². The lowest BCUT2D eigenvalue weighted by Gasteiger charge is -2.16. The summed E-state index contributed by atoms with van der Waals surface area (Å²) in [7, 11) is 1.66. The molecule has 0 saturated carbocycles. The van der Waals surface area contributed by atoms with Crippen molar-refractivity contribution in [3.63, 3.8) is 0 Å². The minimum atomic E-state index is -0.551. The van der Waals surface area contributed by atoms with Gasteiger partial charge in [0, 0.05) is 37.5 Å². The van der Waals surface area contributed by atoms with E-state index in [0.29, 0.717) is 6.54 Å². The lowest BCUT2D eigenvalue weighted by molar-refractivity contribution is -0.384. The monoisotopic (exact) mass is 400 g/mol. The van der Waals surface area contributed by atoms with E-state index in [2.05, 4.69) is 5.10 Å². The van der Waals surface area contributed by atoms with E-state index >= 15 is 0 Å². The van der Waals surface area contributed by atoms with Crippen molar-refractivity contribution < 1.29 is 14.5 Å². The smallest absolute Gasteiger partial charge is 0.271 e. The molecule has 0 fully saturated rings. The summed E-state index contributed by atoms with van der Waals surface area (Å²) in [5, 5.41) is 15.1. The number of halogens is 1. The van der Waals surface area contributed by atoms with Gasteiger partial charge < -0.3 is 9.64 Å². The molecular weight excluding hydrogens is 384 g/mol. The highest BCUT2D eigenvalue weighted by Gasteiger charge is 2.14. The van der Waals surface area contributed by atoms with Crippen molar-refractivity contribution in [1.29, 1.82) is 0 Å². The molecule has 0 unspecified atom stereocenters. The summed E-state index contributed by atoms with van der Waals surface area (Å²) in [6, 6.07) is 13.5. The van der Waals surface area contributed by atoms with Crippen LogP contribution in [0.5, 0.6) is 5.75 Å². The maximum absolute atomic E-state index is 12.3. The van der Waals surface area contributed by atoms with Crippen molar-refractivity contribution >= 4 is 23.2 Å². The fourth-order valence-electron chi connectivity index (χ4n) is 2.50. The number of nitrogens with zero attached hydrogens (tertiary/aromatic N) is 4. The Bertz CT molecular complexity index is 991. The van der Waals surface area contributed by atoms with Gasteiger partial charge in [-0.1, -0.05) is 29.8 Å². The van der Waals surface area contributed by atoms with Crippen molar-refractivity contribution in [3.8, 4) is 11.4 Å². The van der Waals surface area contributed by atoms with Gasteiger partial charge in [-0.3, -0.25) is 14.9 Å². The molecule has 144 valence electrons. The van der Waals surface area contributed by atoms with E-state index in [9.17, 15) is 14.9 Å². The molecule has 2 aromatic carbocycles. The van der Waals surface area contributed by atoms with E-state index in [4.69, 9.17) is 16.3 Å². The molecule has 0 aliphatic rings. The molecule has 28 heavy (non-hydrogen) atoms. The molecule has 9 heteroatoms. The Labute approximate surface area is 166 Å². The highest BCUT2D eigenvalue weighted by atomic mass is 35.5. The van der Waals surface area contributed by atoms with E-state index in [0.717, 1.165) is 11.3 Å². The first-order chi connectivity index (χ1) is 13.4. The molecule has 3 aromatic rings. The van der Waals surface area contributed by atoms with Crippen LogP contribution in [0.25, 0.3) is 5.69 Å². The Hall–Kier alpha value is -3.39. The Morgan fingerprint density at radius 1 is 1.29 bits per heavy atom. The second-order valence-electron chi connectivity index (χ2n) is 6.04. The van der Waals surface area contributed by atoms with Gasteiger partial charge in [-0.15, -0.1) is 0 Å². The predicted octanol–water partition coefficient (Wildman–Crippen LogP) is 3.47. The number of rotatable bonds is 7. The Balaban J connectivity index is 1.57. The molecule has 0 saturated heterocycles. The van der Waals surface area contributed by atoms with Crippen LogP contribution in [0.2, 0.25) is 5.02 Å². The minimum Gasteiger partial charge on any atom is -0.482 e. The number of carbonyl (C=O) groups excluding carboxylic acids is 1. The van der Waals surface area contributed by atoms with Gasteiger partial charge in [0.2, 0.25) is 0 Å².